The summed E-state index contributed by atoms with van der Waals surface area (Å²) in [6.45, 7) is 5.39. The molecule has 10 heteroatoms. The van der Waals surface area contributed by atoms with Crippen molar-refractivity contribution in [3.8, 4) is 22.4 Å². The molecule has 1 fully saturated rings. The van der Waals surface area contributed by atoms with E-state index in [1.807, 2.05) is 36.4 Å². The molecule has 0 bridgehead atoms. The zero-order chi connectivity index (χ0) is 48.2. The van der Waals surface area contributed by atoms with Gasteiger partial charge >= 0.3 is 0 Å². The van der Waals surface area contributed by atoms with Crippen LogP contribution in [0.5, 0.6) is 0 Å². The van der Waals surface area contributed by atoms with Crippen molar-refractivity contribution in [2.45, 2.75) is 71.6 Å². The van der Waals surface area contributed by atoms with Crippen molar-refractivity contribution in [3.05, 3.63) is 167 Å². The van der Waals surface area contributed by atoms with Crippen molar-refractivity contribution in [1.29, 1.82) is 0 Å². The lowest BCUT2D eigenvalue weighted by atomic mass is 9.85. The van der Waals surface area contributed by atoms with Crippen molar-refractivity contribution in [1.82, 2.24) is 20.4 Å². The predicted molar refractivity (Wildman–Crippen MR) is 285 cm³/mol. The van der Waals surface area contributed by atoms with Gasteiger partial charge in [-0.3, -0.25) is 19.3 Å². The number of fused-ring (bicyclic) bond motifs is 2. The second-order valence-corrected chi connectivity index (χ2v) is 23.0. The van der Waals surface area contributed by atoms with E-state index in [1.165, 1.54) is 31.9 Å². The number of nitrogens with zero attached hydrogens (tertiary/aromatic N) is 3. The molecule has 0 spiro atoms. The van der Waals surface area contributed by atoms with Crippen LogP contribution in [-0.2, 0) is 17.6 Å². The summed E-state index contributed by atoms with van der Waals surface area (Å²) in [4.78, 5) is 43.9. The molecular weight excluding hydrogens is 886 g/mol. The van der Waals surface area contributed by atoms with E-state index in [0.717, 1.165) is 96.8 Å². The van der Waals surface area contributed by atoms with Crippen LogP contribution in [-0.4, -0.2) is 70.3 Å². The maximum absolute atomic E-state index is 14.8. The predicted octanol–water partition coefficient (Wildman–Crippen LogP) is 10.1. The van der Waals surface area contributed by atoms with Gasteiger partial charge in [-0.1, -0.05) is 104 Å². The van der Waals surface area contributed by atoms with Gasteiger partial charge in [-0.25, -0.2) is 0 Å². The summed E-state index contributed by atoms with van der Waals surface area (Å²) >= 11 is 0. The number of amides is 3. The summed E-state index contributed by atoms with van der Waals surface area (Å²) in [7, 11) is -2.01. The van der Waals surface area contributed by atoms with Crippen molar-refractivity contribution in [2.75, 3.05) is 37.7 Å². The molecular formula is C60H63N5O4P+. The number of benzene rings is 6. The number of rotatable bonds is 18. The maximum Gasteiger partial charge on any atom is 0.261 e. The molecule has 0 radical (unpaired) electrons. The molecule has 2 aliphatic carbocycles. The van der Waals surface area contributed by atoms with Crippen LogP contribution in [0.4, 0.5) is 5.69 Å². The van der Waals surface area contributed by atoms with E-state index in [-0.39, 0.29) is 37.4 Å². The fourth-order valence-electron chi connectivity index (χ4n) is 11.7. The van der Waals surface area contributed by atoms with Gasteiger partial charge in [-0.05, 0) is 135 Å². The molecule has 2 heterocycles. The van der Waals surface area contributed by atoms with E-state index in [9.17, 15) is 19.5 Å². The highest BCUT2D eigenvalue weighted by atomic mass is 31.2. The molecule has 3 atom stereocenters. The minimum atomic E-state index is -2.01. The summed E-state index contributed by atoms with van der Waals surface area (Å²) in [6.07, 6.45) is 8.62. The number of aryl methyl sites for hydroxylation is 1. The number of hydrogen-bond donors (Lipinski definition) is 3. The van der Waals surface area contributed by atoms with Crippen molar-refractivity contribution in [2.24, 2.45) is 17.8 Å². The third-order valence-electron chi connectivity index (χ3n) is 15.4. The molecule has 10 rings (SSSR count). The molecule has 6 aromatic carbocycles. The molecule has 356 valence electrons. The van der Waals surface area contributed by atoms with Gasteiger partial charge in [0.2, 0.25) is 5.91 Å². The van der Waals surface area contributed by atoms with Crippen LogP contribution in [0.25, 0.3) is 33.2 Å². The molecule has 0 saturated heterocycles. The minimum absolute atomic E-state index is 0.0520. The lowest BCUT2D eigenvalue weighted by Gasteiger charge is -2.29. The van der Waals surface area contributed by atoms with Gasteiger partial charge in [0.25, 0.3) is 11.8 Å². The molecule has 0 unspecified atom stereocenters. The van der Waals surface area contributed by atoms with E-state index in [1.54, 1.807) is 0 Å². The highest BCUT2D eigenvalue weighted by Crippen LogP contribution is 2.56. The minimum Gasteiger partial charge on any atom is -0.396 e. The van der Waals surface area contributed by atoms with Crippen molar-refractivity contribution >= 4 is 57.4 Å². The summed E-state index contributed by atoms with van der Waals surface area (Å²) < 4.78 is 0. The topological polar surface area (TPSA) is 125 Å². The molecule has 9 nitrogen and oxygen atoms in total. The van der Waals surface area contributed by atoms with E-state index in [0.29, 0.717) is 47.1 Å². The monoisotopic (exact) mass is 948 g/mol. The van der Waals surface area contributed by atoms with Crippen LogP contribution in [0, 0.1) is 24.7 Å². The van der Waals surface area contributed by atoms with Gasteiger partial charge in [-0.2, -0.15) is 5.10 Å². The summed E-state index contributed by atoms with van der Waals surface area (Å²) in [6, 6.07) is 48.4. The average molecular weight is 949 g/mol. The lowest BCUT2D eigenvalue weighted by Crippen LogP contribution is -2.44. The Hall–Kier alpha value is -6.54. The number of carbonyl (C=O) groups excluding carboxylic acids is 3. The largest absolute Gasteiger partial charge is 0.396 e. The van der Waals surface area contributed by atoms with Crippen LogP contribution in [0.3, 0.4) is 0 Å². The van der Waals surface area contributed by atoms with Crippen LogP contribution in [0.1, 0.15) is 89.4 Å². The Kier molecular flexibility index (Phi) is 14.0. The summed E-state index contributed by atoms with van der Waals surface area (Å²) in [5.41, 5.74) is 8.88. The first-order chi connectivity index (χ1) is 34.3. The summed E-state index contributed by atoms with van der Waals surface area (Å²) in [5.74, 6) is 0.662. The first-order valence-corrected chi connectivity index (χ1v) is 27.4. The van der Waals surface area contributed by atoms with Crippen LogP contribution in [0.2, 0.25) is 0 Å². The molecule has 1 saturated carbocycles. The fraction of sp³-hybridized carbons (Fsp3) is 0.317. The van der Waals surface area contributed by atoms with Gasteiger partial charge in [-0.15, -0.1) is 5.10 Å². The second-order valence-electron chi connectivity index (χ2n) is 19.4. The standard InChI is InChI=1S/C60H62N5O4P/c1-3-4-34-62-57-50-27-18-28-51-56(50)53(38-52(57)45-25-14-15-26-48(45)58-49-33-32-47-46(54(47)39-66)31-30-44(49)40(2)63-64-58)60(69)65(59(51)68)36-35-61-55(67)29-16-17-37-70(41-19-8-5-9-20-41,42-21-10-6-11-22-42)43-23-12-7-13-24-43/h5-15,18-28,38,46-47,54,66H,3-4,16-17,29-37,39H2,1-2H3,(H-,61,62,64,67,68,69)/p+1/t46-,47+,54-/m0/s1. The number of imide groups is 1. The van der Waals surface area contributed by atoms with E-state index >= 15 is 0 Å². The smallest absolute Gasteiger partial charge is 0.261 e. The first kappa shape index (κ1) is 47.2. The third kappa shape index (κ3) is 8.95. The zero-order valence-corrected chi connectivity index (χ0v) is 41.3. The number of aliphatic hydroxyl groups is 1. The molecule has 70 heavy (non-hydrogen) atoms. The Morgan fingerprint density at radius 1 is 0.671 bits per heavy atom. The summed E-state index contributed by atoms with van der Waals surface area (Å²) in [5, 5.41) is 32.0. The Morgan fingerprint density at radius 3 is 1.91 bits per heavy atom. The van der Waals surface area contributed by atoms with Crippen molar-refractivity contribution < 1.29 is 19.5 Å². The average Bonchev–Trinajstić information content (AvgIpc) is 4.07. The Morgan fingerprint density at radius 2 is 1.27 bits per heavy atom. The Labute approximate surface area is 412 Å². The van der Waals surface area contributed by atoms with Crippen LogP contribution in [0.15, 0.2) is 140 Å². The van der Waals surface area contributed by atoms with Gasteiger partial charge in [0.1, 0.15) is 23.2 Å². The molecule has 7 aromatic rings. The molecule has 1 aliphatic heterocycles. The van der Waals surface area contributed by atoms with Crippen LogP contribution < -0.4 is 26.5 Å². The van der Waals surface area contributed by atoms with Gasteiger partial charge < -0.3 is 15.7 Å². The Balaban J connectivity index is 0.892. The SMILES string of the molecule is CCCCNc1c(-c2ccccc2-c2nnc(C)c3c2CC[C@H]2[C@@H](CO)[C@H]2CC3)cc2c3c(cccc13)C(=O)N(CCNC(=O)CCCC[P+](c1ccccc1)(c1ccccc1)c1ccccc1)C2=O. The number of anilines is 1. The van der Waals surface area contributed by atoms with E-state index < -0.39 is 7.26 Å². The van der Waals surface area contributed by atoms with E-state index in [2.05, 4.69) is 128 Å². The van der Waals surface area contributed by atoms with E-state index in [4.69, 9.17) is 10.2 Å². The highest BCUT2D eigenvalue weighted by Gasteiger charge is 2.49. The number of carbonyl (C=O) groups is 3. The number of nitrogens with one attached hydrogen (secondary N) is 2. The van der Waals surface area contributed by atoms with Gasteiger partial charge in [0.05, 0.1) is 23.2 Å². The number of unbranched alkanes of at least 4 members (excludes halogenated alkanes) is 2. The number of hydrogen-bond acceptors (Lipinski definition) is 7. The highest BCUT2D eigenvalue weighted by molar-refractivity contribution is 7.95. The first-order valence-electron chi connectivity index (χ1n) is 25.4. The maximum atomic E-state index is 14.8. The van der Waals surface area contributed by atoms with Gasteiger partial charge in [0, 0.05) is 65.7 Å². The van der Waals surface area contributed by atoms with Gasteiger partial charge in [0.15, 0.2) is 0 Å². The molecule has 3 aliphatic rings. The number of aliphatic hydroxyl groups excluding tert-OH is 1. The molecule has 3 amide bonds. The molecule has 1 aromatic heterocycles. The zero-order valence-electron chi connectivity index (χ0n) is 40.4. The quantitative estimate of drug-likeness (QED) is 0.0445. The molecule has 3 N–H and O–H groups in total. The number of aromatic nitrogens is 2. The third-order valence-corrected chi connectivity index (χ3v) is 19.9. The van der Waals surface area contributed by atoms with Crippen molar-refractivity contribution in [3.63, 3.8) is 0 Å². The Bertz CT molecular complexity index is 2940. The normalized spacial score (nSPS) is 17.4. The van der Waals surface area contributed by atoms with Crippen LogP contribution >= 0.6 is 7.26 Å². The lowest BCUT2D eigenvalue weighted by molar-refractivity contribution is -0.121. The second kappa shape index (κ2) is 20.8. The fourth-order valence-corrected chi connectivity index (χ4v) is 16.2.